The highest BCUT2D eigenvalue weighted by atomic mass is 19.1. The van der Waals surface area contributed by atoms with Crippen molar-refractivity contribution >= 4 is 29.1 Å². The zero-order valence-corrected chi connectivity index (χ0v) is 22.9. The average Bonchev–Trinajstić information content (AvgIpc) is 2.94. The van der Waals surface area contributed by atoms with Gasteiger partial charge in [-0.05, 0) is 42.5 Å². The molecule has 0 atom stereocenters. The lowest BCUT2D eigenvalue weighted by atomic mass is 10.2. The van der Waals surface area contributed by atoms with Gasteiger partial charge in [-0.1, -0.05) is 33.8 Å². The summed E-state index contributed by atoms with van der Waals surface area (Å²) in [6.07, 6.45) is 1.06. The van der Waals surface area contributed by atoms with Crippen LogP contribution in [0.2, 0.25) is 0 Å². The number of ether oxygens (including phenoxy) is 4. The Hall–Kier alpha value is -3.76. The minimum Gasteiger partial charge on any atom is -0.491 e. The molecule has 0 fully saturated rings. The molecule has 1 heterocycles. The molecule has 2 aromatic carbocycles. The minimum absolute atomic E-state index is 0.0333. The van der Waals surface area contributed by atoms with E-state index in [4.69, 9.17) is 14.2 Å². The van der Waals surface area contributed by atoms with Crippen LogP contribution in [0.4, 0.5) is 27.5 Å². The van der Waals surface area contributed by atoms with E-state index in [9.17, 15) is 9.18 Å². The molecule has 3 aromatic rings. The maximum atomic E-state index is 14.2. The van der Waals surface area contributed by atoms with E-state index >= 15 is 0 Å². The molecule has 0 radical (unpaired) electrons. The van der Waals surface area contributed by atoms with Gasteiger partial charge >= 0.3 is 5.97 Å². The molecule has 0 saturated heterocycles. The quantitative estimate of drug-likeness (QED) is 0.252. The number of nitrogens with zero attached hydrogens (tertiary/aromatic N) is 2. The Kier molecular flexibility index (Phi) is 18.4. The van der Waals surface area contributed by atoms with E-state index in [0.717, 1.165) is 6.20 Å². The summed E-state index contributed by atoms with van der Waals surface area (Å²) in [7, 11) is 6.15. The summed E-state index contributed by atoms with van der Waals surface area (Å²) >= 11 is 0. The van der Waals surface area contributed by atoms with Crippen molar-refractivity contribution in [3.05, 3.63) is 66.1 Å². The summed E-state index contributed by atoms with van der Waals surface area (Å²) in [5.74, 6) is -0.250. The van der Waals surface area contributed by atoms with Gasteiger partial charge in [-0.25, -0.2) is 14.2 Å². The van der Waals surface area contributed by atoms with Crippen molar-refractivity contribution in [1.29, 1.82) is 0 Å². The monoisotopic (exact) mass is 518 g/mol. The molecular weight excluding hydrogens is 479 g/mol. The summed E-state index contributed by atoms with van der Waals surface area (Å²) < 4.78 is 33.6. The van der Waals surface area contributed by atoms with Gasteiger partial charge in [0, 0.05) is 32.7 Å². The van der Waals surface area contributed by atoms with E-state index in [0.29, 0.717) is 35.9 Å². The topological polar surface area (TPSA) is 104 Å². The molecule has 0 aliphatic heterocycles. The SMILES string of the molecule is CC.CC.COC.COCCOc1ccc(Nc2ncc(F)c(Nc3cccc(C(=O)OC)c3)n2)cc1. The van der Waals surface area contributed by atoms with Gasteiger partial charge in [-0.2, -0.15) is 4.98 Å². The van der Waals surface area contributed by atoms with Gasteiger partial charge in [0.2, 0.25) is 5.95 Å². The van der Waals surface area contributed by atoms with Crippen LogP contribution in [0.25, 0.3) is 0 Å². The highest BCUT2D eigenvalue weighted by molar-refractivity contribution is 5.90. The zero-order chi connectivity index (χ0) is 28.1. The number of rotatable bonds is 9. The number of esters is 1. The van der Waals surface area contributed by atoms with Crippen LogP contribution < -0.4 is 15.4 Å². The fourth-order valence-corrected chi connectivity index (χ4v) is 2.50. The minimum atomic E-state index is -0.633. The van der Waals surface area contributed by atoms with Gasteiger partial charge in [0.15, 0.2) is 11.6 Å². The standard InChI is InChI=1S/C21H21FN4O4.C2H6O.2C2H6/c1-28-10-11-30-17-8-6-15(7-9-17)25-21-23-13-18(22)19(26-21)24-16-5-3-4-14(12-16)20(27)29-2;1-3-2;2*1-2/h3-9,12-13H,10-11H2,1-2H3,(H2,23,24,25,26);1-2H3;2*1-2H3. The fourth-order valence-electron chi connectivity index (χ4n) is 2.50. The van der Waals surface area contributed by atoms with E-state index in [-0.39, 0.29) is 11.8 Å². The number of carbonyl (C=O) groups is 1. The molecule has 37 heavy (non-hydrogen) atoms. The maximum Gasteiger partial charge on any atom is 0.337 e. The third kappa shape index (κ3) is 12.7. The Morgan fingerprint density at radius 1 is 0.892 bits per heavy atom. The molecule has 2 N–H and O–H groups in total. The third-order valence-corrected chi connectivity index (χ3v) is 3.96. The fraction of sp³-hybridized carbons (Fsp3) is 0.370. The summed E-state index contributed by atoms with van der Waals surface area (Å²) in [5, 5.41) is 5.86. The number of aromatic nitrogens is 2. The summed E-state index contributed by atoms with van der Waals surface area (Å²) in [6.45, 7) is 8.96. The predicted molar refractivity (Wildman–Crippen MR) is 146 cm³/mol. The summed E-state index contributed by atoms with van der Waals surface area (Å²) in [6, 6.07) is 13.7. The Bertz CT molecular complexity index is 1020. The Labute approximate surface area is 219 Å². The van der Waals surface area contributed by atoms with Gasteiger partial charge < -0.3 is 29.6 Å². The van der Waals surface area contributed by atoms with Crippen LogP contribution in [-0.2, 0) is 14.2 Å². The zero-order valence-electron chi connectivity index (χ0n) is 22.9. The van der Waals surface area contributed by atoms with Crippen LogP contribution in [-0.4, -0.2) is 57.6 Å². The lowest BCUT2D eigenvalue weighted by molar-refractivity contribution is 0.0601. The maximum absolute atomic E-state index is 14.2. The first-order valence-electron chi connectivity index (χ1n) is 11.9. The number of halogens is 1. The second-order valence-electron chi connectivity index (χ2n) is 6.49. The number of nitrogens with one attached hydrogen (secondary N) is 2. The van der Waals surface area contributed by atoms with Gasteiger partial charge in [-0.15, -0.1) is 0 Å². The van der Waals surface area contributed by atoms with Crippen LogP contribution in [0.1, 0.15) is 38.1 Å². The van der Waals surface area contributed by atoms with Crippen molar-refractivity contribution in [3.63, 3.8) is 0 Å². The molecule has 3 rings (SSSR count). The van der Waals surface area contributed by atoms with E-state index in [1.807, 2.05) is 27.7 Å². The number of anilines is 4. The lowest BCUT2D eigenvalue weighted by Gasteiger charge is -2.11. The van der Waals surface area contributed by atoms with Gasteiger partial charge in [0.1, 0.15) is 12.4 Å². The molecule has 0 spiro atoms. The van der Waals surface area contributed by atoms with Gasteiger partial charge in [0.05, 0.1) is 25.5 Å². The van der Waals surface area contributed by atoms with Crippen molar-refractivity contribution in [2.75, 3.05) is 52.3 Å². The van der Waals surface area contributed by atoms with Crippen LogP contribution in [0.5, 0.6) is 5.75 Å². The van der Waals surface area contributed by atoms with Crippen LogP contribution in [0.15, 0.2) is 54.7 Å². The first-order chi connectivity index (χ1) is 18.0. The summed E-state index contributed by atoms with van der Waals surface area (Å²) in [4.78, 5) is 19.8. The van der Waals surface area contributed by atoms with Gasteiger partial charge in [-0.3, -0.25) is 0 Å². The molecule has 0 aliphatic carbocycles. The van der Waals surface area contributed by atoms with Crippen molar-refractivity contribution in [3.8, 4) is 5.75 Å². The third-order valence-electron chi connectivity index (χ3n) is 3.96. The number of benzene rings is 2. The Balaban J connectivity index is 0.00000169. The first kappa shape index (κ1) is 33.2. The normalized spacial score (nSPS) is 9.22. The average molecular weight is 519 g/mol. The van der Waals surface area contributed by atoms with E-state index in [1.165, 1.54) is 7.11 Å². The van der Waals surface area contributed by atoms with Crippen molar-refractivity contribution < 1.29 is 28.1 Å². The molecular formula is C27H39FN4O5. The number of hydrogen-bond donors (Lipinski definition) is 2. The van der Waals surface area contributed by atoms with Crippen LogP contribution in [0, 0.1) is 5.82 Å². The number of carbonyl (C=O) groups excluding carboxylic acids is 1. The Morgan fingerprint density at radius 3 is 2.14 bits per heavy atom. The van der Waals surface area contributed by atoms with E-state index in [1.54, 1.807) is 69.9 Å². The van der Waals surface area contributed by atoms with Crippen molar-refractivity contribution in [2.24, 2.45) is 0 Å². The molecule has 1 aromatic heterocycles. The van der Waals surface area contributed by atoms with Crippen LogP contribution in [0.3, 0.4) is 0 Å². The van der Waals surface area contributed by atoms with Crippen LogP contribution >= 0.6 is 0 Å². The second-order valence-corrected chi connectivity index (χ2v) is 6.49. The van der Waals surface area contributed by atoms with Gasteiger partial charge in [0.25, 0.3) is 0 Å². The highest BCUT2D eigenvalue weighted by Gasteiger charge is 2.10. The second kappa shape index (κ2) is 20.4. The molecule has 0 aliphatic rings. The molecule has 204 valence electrons. The number of methoxy groups -OCH3 is 3. The molecule has 10 heteroatoms. The Morgan fingerprint density at radius 2 is 1.54 bits per heavy atom. The predicted octanol–water partition coefficient (Wildman–Crippen LogP) is 6.23. The molecule has 0 saturated carbocycles. The van der Waals surface area contributed by atoms with E-state index < -0.39 is 11.8 Å². The molecule has 0 unspecified atom stereocenters. The lowest BCUT2D eigenvalue weighted by Crippen LogP contribution is -2.05. The highest BCUT2D eigenvalue weighted by Crippen LogP contribution is 2.22. The molecule has 9 nitrogen and oxygen atoms in total. The van der Waals surface area contributed by atoms with Crippen molar-refractivity contribution in [1.82, 2.24) is 9.97 Å². The molecule has 0 bridgehead atoms. The number of hydrogen-bond acceptors (Lipinski definition) is 9. The van der Waals surface area contributed by atoms with E-state index in [2.05, 4.69) is 25.3 Å². The van der Waals surface area contributed by atoms with Crippen molar-refractivity contribution in [2.45, 2.75) is 27.7 Å². The summed E-state index contributed by atoms with van der Waals surface area (Å²) in [5.41, 5.74) is 1.53. The first-order valence-corrected chi connectivity index (χ1v) is 11.9. The smallest absolute Gasteiger partial charge is 0.337 e. The molecule has 0 amide bonds. The largest absolute Gasteiger partial charge is 0.491 e.